The molecular weight excluding hydrogens is 335 g/mol. The van der Waals surface area contributed by atoms with E-state index in [-0.39, 0.29) is 11.4 Å². The Morgan fingerprint density at radius 1 is 1.25 bits per heavy atom. The molecule has 0 aliphatic heterocycles. The smallest absolute Gasteiger partial charge is 0.259 e. The quantitative estimate of drug-likeness (QED) is 0.750. The second kappa shape index (κ2) is 5.69. The summed E-state index contributed by atoms with van der Waals surface area (Å²) in [5.41, 5.74) is 0.495. The van der Waals surface area contributed by atoms with E-state index < -0.39 is 26.6 Å². The highest BCUT2D eigenvalue weighted by Gasteiger charge is 2.18. The number of carbonyl (C=O) groups is 1. The van der Waals surface area contributed by atoms with Crippen molar-refractivity contribution in [2.45, 2.75) is 4.90 Å². The summed E-state index contributed by atoms with van der Waals surface area (Å²) >= 11 is 0. The Morgan fingerprint density at radius 2 is 1.96 bits per heavy atom. The Balaban J connectivity index is 1.95. The van der Waals surface area contributed by atoms with Crippen LogP contribution in [0.25, 0.3) is 10.9 Å². The first-order chi connectivity index (χ1) is 11.3. The number of hydrogen-bond donors (Lipinski definition) is 2. The number of primary sulfonamides is 1. The van der Waals surface area contributed by atoms with Crippen LogP contribution in [0.5, 0.6) is 0 Å². The SMILES string of the molecule is Cn1nc(NC(=O)c2ccc(S(N)(=O)=O)cc2F)c2ccccc21. The molecule has 0 saturated carbocycles. The Labute approximate surface area is 136 Å². The average molecular weight is 348 g/mol. The number of aromatic nitrogens is 2. The van der Waals surface area contributed by atoms with E-state index >= 15 is 0 Å². The van der Waals surface area contributed by atoms with Crippen LogP contribution >= 0.6 is 0 Å². The van der Waals surface area contributed by atoms with Gasteiger partial charge in [0, 0.05) is 12.4 Å². The van der Waals surface area contributed by atoms with Gasteiger partial charge in [-0.25, -0.2) is 17.9 Å². The highest BCUT2D eigenvalue weighted by atomic mass is 32.2. The third-order valence-electron chi connectivity index (χ3n) is 3.50. The summed E-state index contributed by atoms with van der Waals surface area (Å²) in [5.74, 6) is -1.44. The number of hydrogen-bond acceptors (Lipinski definition) is 4. The largest absolute Gasteiger partial charge is 0.304 e. The van der Waals surface area contributed by atoms with E-state index in [2.05, 4.69) is 10.4 Å². The highest BCUT2D eigenvalue weighted by Crippen LogP contribution is 2.23. The molecule has 9 heteroatoms. The molecule has 1 amide bonds. The zero-order valence-electron chi connectivity index (χ0n) is 12.5. The molecule has 1 aromatic heterocycles. The molecule has 124 valence electrons. The maximum atomic E-state index is 14.0. The van der Waals surface area contributed by atoms with Crippen molar-refractivity contribution in [3.05, 3.63) is 53.8 Å². The minimum Gasteiger partial charge on any atom is -0.304 e. The molecule has 2 aromatic carbocycles. The Morgan fingerprint density at radius 3 is 2.62 bits per heavy atom. The second-order valence-electron chi connectivity index (χ2n) is 5.13. The number of amides is 1. The number of fused-ring (bicyclic) bond motifs is 1. The lowest BCUT2D eigenvalue weighted by Gasteiger charge is -2.05. The first-order valence-electron chi connectivity index (χ1n) is 6.83. The molecule has 24 heavy (non-hydrogen) atoms. The average Bonchev–Trinajstić information content (AvgIpc) is 2.83. The zero-order chi connectivity index (χ0) is 17.5. The summed E-state index contributed by atoms with van der Waals surface area (Å²) in [4.78, 5) is 11.9. The molecule has 3 aromatic rings. The summed E-state index contributed by atoms with van der Waals surface area (Å²) in [6.45, 7) is 0. The van der Waals surface area contributed by atoms with Gasteiger partial charge >= 0.3 is 0 Å². The van der Waals surface area contributed by atoms with E-state index in [0.29, 0.717) is 11.5 Å². The van der Waals surface area contributed by atoms with Gasteiger partial charge in [-0.05, 0) is 30.3 Å². The van der Waals surface area contributed by atoms with Gasteiger partial charge in [-0.1, -0.05) is 12.1 Å². The molecule has 0 aliphatic carbocycles. The molecule has 0 fully saturated rings. The van der Waals surface area contributed by atoms with Crippen molar-refractivity contribution < 1.29 is 17.6 Å². The predicted molar refractivity (Wildman–Crippen MR) is 86.4 cm³/mol. The first-order valence-corrected chi connectivity index (χ1v) is 8.37. The van der Waals surface area contributed by atoms with E-state index in [0.717, 1.165) is 17.6 Å². The van der Waals surface area contributed by atoms with E-state index in [1.54, 1.807) is 23.9 Å². The number of para-hydroxylation sites is 1. The minimum absolute atomic E-state index is 0.285. The summed E-state index contributed by atoms with van der Waals surface area (Å²) in [7, 11) is -2.32. The van der Waals surface area contributed by atoms with Crippen LogP contribution in [0.1, 0.15) is 10.4 Å². The molecule has 0 aliphatic rings. The number of aryl methyl sites for hydroxylation is 1. The van der Waals surface area contributed by atoms with Crippen LogP contribution in [0.4, 0.5) is 10.2 Å². The molecule has 0 bridgehead atoms. The van der Waals surface area contributed by atoms with Crippen LogP contribution in [0, 0.1) is 5.82 Å². The van der Waals surface area contributed by atoms with Gasteiger partial charge in [0.2, 0.25) is 10.0 Å². The van der Waals surface area contributed by atoms with Gasteiger partial charge < -0.3 is 5.32 Å². The molecule has 7 nitrogen and oxygen atoms in total. The molecule has 0 radical (unpaired) electrons. The van der Waals surface area contributed by atoms with Crippen LogP contribution in [0.15, 0.2) is 47.4 Å². The lowest BCUT2D eigenvalue weighted by atomic mass is 10.2. The van der Waals surface area contributed by atoms with Crippen molar-refractivity contribution >= 4 is 32.7 Å². The third kappa shape index (κ3) is 2.86. The molecule has 3 rings (SSSR count). The van der Waals surface area contributed by atoms with Gasteiger partial charge in [-0.15, -0.1) is 0 Å². The van der Waals surface area contributed by atoms with Gasteiger partial charge in [-0.2, -0.15) is 5.10 Å². The Bertz CT molecular complexity index is 1060. The topological polar surface area (TPSA) is 107 Å². The van der Waals surface area contributed by atoms with Crippen molar-refractivity contribution in [2.75, 3.05) is 5.32 Å². The fourth-order valence-corrected chi connectivity index (χ4v) is 2.86. The number of carbonyl (C=O) groups excluding carboxylic acids is 1. The Hall–Kier alpha value is -2.78. The maximum Gasteiger partial charge on any atom is 0.259 e. The Kier molecular flexibility index (Phi) is 3.82. The van der Waals surface area contributed by atoms with Crippen molar-refractivity contribution in [1.82, 2.24) is 9.78 Å². The van der Waals surface area contributed by atoms with Gasteiger partial charge in [0.1, 0.15) is 5.82 Å². The minimum atomic E-state index is -4.04. The van der Waals surface area contributed by atoms with Crippen molar-refractivity contribution in [3.8, 4) is 0 Å². The van der Waals surface area contributed by atoms with Gasteiger partial charge in [0.25, 0.3) is 5.91 Å². The predicted octanol–water partition coefficient (Wildman–Crippen LogP) is 1.61. The first kappa shape index (κ1) is 16.1. The van der Waals surface area contributed by atoms with Gasteiger partial charge in [0.05, 0.1) is 16.0 Å². The summed E-state index contributed by atoms with van der Waals surface area (Å²) in [6.07, 6.45) is 0. The lowest BCUT2D eigenvalue weighted by molar-refractivity contribution is 0.102. The molecule has 3 N–H and O–H groups in total. The van der Waals surface area contributed by atoms with Crippen LogP contribution in [-0.2, 0) is 17.1 Å². The number of nitrogens with one attached hydrogen (secondary N) is 1. The lowest BCUT2D eigenvalue weighted by Crippen LogP contribution is -2.17. The number of halogens is 1. The van der Waals surface area contributed by atoms with Gasteiger partial charge in [-0.3, -0.25) is 9.48 Å². The molecule has 0 saturated heterocycles. The van der Waals surface area contributed by atoms with Crippen LogP contribution in [-0.4, -0.2) is 24.1 Å². The molecular formula is C15H13FN4O3S. The second-order valence-corrected chi connectivity index (χ2v) is 6.69. The van der Waals surface area contributed by atoms with E-state index in [9.17, 15) is 17.6 Å². The van der Waals surface area contributed by atoms with E-state index in [1.165, 1.54) is 0 Å². The maximum absolute atomic E-state index is 14.0. The van der Waals surface area contributed by atoms with Crippen LogP contribution < -0.4 is 10.5 Å². The molecule has 1 heterocycles. The number of rotatable bonds is 3. The number of anilines is 1. The van der Waals surface area contributed by atoms with Crippen molar-refractivity contribution in [2.24, 2.45) is 12.2 Å². The number of nitrogens with two attached hydrogens (primary N) is 1. The number of benzene rings is 2. The normalized spacial score (nSPS) is 11.6. The monoisotopic (exact) mass is 348 g/mol. The molecule has 0 atom stereocenters. The van der Waals surface area contributed by atoms with Crippen molar-refractivity contribution in [3.63, 3.8) is 0 Å². The summed E-state index contributed by atoms with van der Waals surface area (Å²) < 4.78 is 38.0. The zero-order valence-corrected chi connectivity index (χ0v) is 13.3. The number of sulfonamides is 1. The van der Waals surface area contributed by atoms with Gasteiger partial charge in [0.15, 0.2) is 5.82 Å². The fourth-order valence-electron chi connectivity index (χ4n) is 2.34. The summed E-state index contributed by atoms with van der Waals surface area (Å²) in [5, 5.41) is 12.4. The number of nitrogens with zero attached hydrogens (tertiary/aromatic N) is 2. The van der Waals surface area contributed by atoms with Crippen molar-refractivity contribution in [1.29, 1.82) is 0 Å². The van der Waals surface area contributed by atoms with E-state index in [1.807, 2.05) is 12.1 Å². The van der Waals surface area contributed by atoms with Crippen LogP contribution in [0.2, 0.25) is 0 Å². The van der Waals surface area contributed by atoms with Crippen LogP contribution in [0.3, 0.4) is 0 Å². The van der Waals surface area contributed by atoms with E-state index in [4.69, 9.17) is 5.14 Å². The standard InChI is InChI=1S/C15H13FN4O3S/c1-20-13-5-3-2-4-11(13)14(19-20)18-15(21)10-7-6-9(8-12(10)16)24(17,22)23/h2-8H,1H3,(H2,17,22,23)(H,18,19,21). The third-order valence-corrected chi connectivity index (χ3v) is 4.41. The molecule has 0 spiro atoms. The fraction of sp³-hybridized carbons (Fsp3) is 0.0667. The highest BCUT2D eigenvalue weighted by molar-refractivity contribution is 7.89. The summed E-state index contributed by atoms with van der Waals surface area (Å²) in [6, 6.07) is 10.1. The molecule has 0 unspecified atom stereocenters.